The molecule has 0 aromatic rings. The van der Waals surface area contributed by atoms with Gasteiger partial charge in [0.05, 0.1) is 0 Å². The minimum absolute atomic E-state index is 0.669. The van der Waals surface area contributed by atoms with Crippen molar-refractivity contribution >= 4 is 7.82 Å². The molecule has 0 heterocycles. The van der Waals surface area contributed by atoms with E-state index in [1.54, 1.807) is 0 Å². The Morgan fingerprint density at radius 2 is 0.634 bits per heavy atom. The van der Waals surface area contributed by atoms with E-state index in [0.717, 1.165) is 25.7 Å². The van der Waals surface area contributed by atoms with Gasteiger partial charge in [0.1, 0.15) is 12.2 Å². The van der Waals surface area contributed by atoms with Crippen molar-refractivity contribution in [2.75, 3.05) is 0 Å². The minimum Gasteiger partial charge on any atom is -0.341 e. The van der Waals surface area contributed by atoms with Gasteiger partial charge in [-0.15, -0.1) is 0 Å². The predicted molar refractivity (Wildman–Crippen MR) is 177 cm³/mol. The van der Waals surface area contributed by atoms with Gasteiger partial charge < -0.3 is 9.05 Å². The summed E-state index contributed by atoms with van der Waals surface area (Å²) in [6.07, 6.45) is 42.9. The molecule has 240 valence electrons. The maximum atomic E-state index is 11.8. The van der Waals surface area contributed by atoms with Gasteiger partial charge in [0.15, 0.2) is 0 Å². The van der Waals surface area contributed by atoms with Crippen LogP contribution >= 0.6 is 7.82 Å². The summed E-state index contributed by atoms with van der Waals surface area (Å²) in [5, 5.41) is 0. The molecule has 0 spiro atoms. The Morgan fingerprint density at radius 3 is 0.878 bits per heavy atom. The summed E-state index contributed by atoms with van der Waals surface area (Å²) in [5.41, 5.74) is 0. The van der Waals surface area contributed by atoms with Crippen molar-refractivity contribution < 1.29 is 18.5 Å². The SMILES string of the molecule is CCCCCCCCCCCCCCCCC#COP(=O)(O)OC#CCCCCCCCCCCCCCCCC. The average Bonchev–Trinajstić information content (AvgIpc) is 2.96. The second kappa shape index (κ2) is 33.4. The summed E-state index contributed by atoms with van der Waals surface area (Å²) in [4.78, 5) is 9.67. The van der Waals surface area contributed by atoms with E-state index in [1.807, 2.05) is 0 Å². The van der Waals surface area contributed by atoms with Crippen LogP contribution in [0, 0.1) is 24.1 Å². The zero-order chi connectivity index (χ0) is 30.0. The Balaban J connectivity index is 3.46. The van der Waals surface area contributed by atoms with Gasteiger partial charge >= 0.3 is 7.82 Å². The van der Waals surface area contributed by atoms with Crippen LogP contribution in [-0.4, -0.2) is 4.89 Å². The second-order valence-electron chi connectivity index (χ2n) is 11.9. The van der Waals surface area contributed by atoms with E-state index in [4.69, 9.17) is 9.05 Å². The van der Waals surface area contributed by atoms with E-state index in [1.165, 1.54) is 154 Å². The van der Waals surface area contributed by atoms with E-state index >= 15 is 0 Å². The maximum absolute atomic E-state index is 11.8. The lowest BCUT2D eigenvalue weighted by molar-refractivity contribution is 0.263. The molecule has 0 aromatic heterocycles. The fraction of sp³-hybridized carbons (Fsp3) is 0.889. The normalized spacial score (nSPS) is 11.0. The van der Waals surface area contributed by atoms with Crippen LogP contribution in [0.3, 0.4) is 0 Å². The van der Waals surface area contributed by atoms with Crippen molar-refractivity contribution in [2.24, 2.45) is 0 Å². The third kappa shape index (κ3) is 35.0. The molecule has 0 rings (SSSR count). The van der Waals surface area contributed by atoms with Crippen LogP contribution in [0.2, 0.25) is 0 Å². The first-order chi connectivity index (χ1) is 20.1. The molecule has 0 saturated heterocycles. The number of hydrogen-bond acceptors (Lipinski definition) is 3. The fourth-order valence-corrected chi connectivity index (χ4v) is 5.51. The van der Waals surface area contributed by atoms with Gasteiger partial charge in [0.2, 0.25) is 0 Å². The quantitative estimate of drug-likeness (QED) is 0.0510. The van der Waals surface area contributed by atoms with E-state index in [-0.39, 0.29) is 0 Å². The number of rotatable bonds is 30. The molecule has 0 radical (unpaired) electrons. The van der Waals surface area contributed by atoms with Gasteiger partial charge in [0, 0.05) is 12.8 Å². The first kappa shape index (κ1) is 39.9. The lowest BCUT2D eigenvalue weighted by atomic mass is 10.0. The van der Waals surface area contributed by atoms with Gasteiger partial charge in [-0.2, -0.15) is 0 Å². The summed E-state index contributed by atoms with van der Waals surface area (Å²) in [7, 11) is -4.22. The van der Waals surface area contributed by atoms with Crippen molar-refractivity contribution in [3.8, 4) is 24.1 Å². The highest BCUT2D eigenvalue weighted by molar-refractivity contribution is 7.47. The first-order valence-electron chi connectivity index (χ1n) is 17.8. The Hall–Kier alpha value is -1.09. The zero-order valence-electron chi connectivity index (χ0n) is 27.3. The smallest absolute Gasteiger partial charge is 0.341 e. The molecule has 4 nitrogen and oxygen atoms in total. The summed E-state index contributed by atoms with van der Waals surface area (Å²) in [6.45, 7) is 4.54. The van der Waals surface area contributed by atoms with E-state index in [9.17, 15) is 9.46 Å². The molecule has 0 aliphatic rings. The number of unbranched alkanes of at least 4 members (excludes halogenated alkanes) is 28. The molecule has 0 aliphatic heterocycles. The monoisotopic (exact) mass is 594 g/mol. The Labute approximate surface area is 256 Å². The van der Waals surface area contributed by atoms with Crippen molar-refractivity contribution in [1.82, 2.24) is 0 Å². The molecule has 0 fully saturated rings. The first-order valence-corrected chi connectivity index (χ1v) is 19.3. The maximum Gasteiger partial charge on any atom is 0.602 e. The number of phosphoric acid groups is 1. The second-order valence-corrected chi connectivity index (χ2v) is 13.2. The molecule has 41 heavy (non-hydrogen) atoms. The Morgan fingerprint density at radius 1 is 0.415 bits per heavy atom. The van der Waals surface area contributed by atoms with Gasteiger partial charge in [-0.25, -0.2) is 4.57 Å². The van der Waals surface area contributed by atoms with Crippen molar-refractivity contribution in [3.05, 3.63) is 0 Å². The van der Waals surface area contributed by atoms with Gasteiger partial charge in [0.25, 0.3) is 0 Å². The molecule has 1 N–H and O–H groups in total. The summed E-state index contributed by atoms with van der Waals surface area (Å²) in [5.74, 6) is 5.62. The van der Waals surface area contributed by atoms with E-state index in [0.29, 0.717) is 12.8 Å². The highest BCUT2D eigenvalue weighted by Gasteiger charge is 2.21. The molecule has 0 unspecified atom stereocenters. The highest BCUT2D eigenvalue weighted by Crippen LogP contribution is 2.42. The van der Waals surface area contributed by atoms with E-state index in [2.05, 4.69) is 37.9 Å². The number of phosphoric ester groups is 1. The zero-order valence-corrected chi connectivity index (χ0v) is 28.2. The Kier molecular flexibility index (Phi) is 32.5. The standard InChI is InChI=1S/C36H67O4P/c1-3-5-7-9-11-13-15-17-19-21-23-25-27-29-31-33-35-39-41(37,38)40-36-34-32-30-28-26-24-22-20-18-16-14-12-10-8-6-4-2/h3-32H2,1-2H3,(H,37,38). The largest absolute Gasteiger partial charge is 0.602 e. The molecule has 0 amide bonds. The molecule has 0 saturated carbocycles. The molecule has 0 aromatic carbocycles. The van der Waals surface area contributed by atoms with Gasteiger partial charge in [-0.05, 0) is 12.8 Å². The van der Waals surface area contributed by atoms with Gasteiger partial charge in [-0.1, -0.05) is 193 Å². The lowest BCUT2D eigenvalue weighted by Crippen LogP contribution is -1.85. The molecular formula is C36H67O4P. The Bertz CT molecular complexity index is 644. The van der Waals surface area contributed by atoms with Crippen LogP contribution in [0.25, 0.3) is 0 Å². The minimum atomic E-state index is -4.22. The van der Waals surface area contributed by atoms with Gasteiger partial charge in [-0.3, -0.25) is 4.89 Å². The molecule has 5 heteroatoms. The van der Waals surface area contributed by atoms with Crippen molar-refractivity contribution in [2.45, 2.75) is 206 Å². The molecule has 0 atom stereocenters. The summed E-state index contributed by atoms with van der Waals surface area (Å²) in [6, 6.07) is 0. The summed E-state index contributed by atoms with van der Waals surface area (Å²) < 4.78 is 21.2. The third-order valence-electron chi connectivity index (χ3n) is 7.78. The van der Waals surface area contributed by atoms with Crippen molar-refractivity contribution in [1.29, 1.82) is 0 Å². The average molecular weight is 595 g/mol. The van der Waals surface area contributed by atoms with Crippen LogP contribution < -0.4 is 0 Å². The number of hydrogen-bond donors (Lipinski definition) is 1. The predicted octanol–water partition coefficient (Wildman–Crippen LogP) is 12.8. The lowest BCUT2D eigenvalue weighted by Gasteiger charge is -2.03. The van der Waals surface area contributed by atoms with Crippen LogP contribution in [-0.2, 0) is 13.6 Å². The van der Waals surface area contributed by atoms with Crippen LogP contribution in [0.5, 0.6) is 0 Å². The van der Waals surface area contributed by atoms with Crippen LogP contribution in [0.1, 0.15) is 206 Å². The molecular weight excluding hydrogens is 527 g/mol. The highest BCUT2D eigenvalue weighted by atomic mass is 31.2. The molecule has 0 aliphatic carbocycles. The molecule has 0 bridgehead atoms. The summed E-state index contributed by atoms with van der Waals surface area (Å²) >= 11 is 0. The van der Waals surface area contributed by atoms with E-state index < -0.39 is 7.82 Å². The van der Waals surface area contributed by atoms with Crippen molar-refractivity contribution in [3.63, 3.8) is 0 Å². The topological polar surface area (TPSA) is 55.8 Å². The third-order valence-corrected chi connectivity index (χ3v) is 8.42. The fourth-order valence-electron chi connectivity index (χ4n) is 5.12. The van der Waals surface area contributed by atoms with Crippen LogP contribution in [0.4, 0.5) is 0 Å². The van der Waals surface area contributed by atoms with Crippen LogP contribution in [0.15, 0.2) is 0 Å².